The first-order valence-electron chi connectivity index (χ1n) is 7.42. The van der Waals surface area contributed by atoms with Crippen LogP contribution < -0.4 is 5.43 Å². The van der Waals surface area contributed by atoms with Gasteiger partial charge in [0.15, 0.2) is 0 Å². The number of hydrogen-bond acceptors (Lipinski definition) is 7. The predicted octanol–water partition coefficient (Wildman–Crippen LogP) is 4.21. The highest BCUT2D eigenvalue weighted by atomic mass is 16.6. The van der Waals surface area contributed by atoms with Crippen molar-refractivity contribution in [2.45, 2.75) is 0 Å². The molecule has 3 rings (SSSR count). The third-order valence-corrected chi connectivity index (χ3v) is 3.45. The summed E-state index contributed by atoms with van der Waals surface area (Å²) < 4.78 is 5.62. The molecule has 1 N–H and O–H groups in total. The van der Waals surface area contributed by atoms with Crippen LogP contribution in [0, 0.1) is 20.2 Å². The molecule has 0 aliphatic carbocycles. The number of hydrazone groups is 1. The smallest absolute Gasteiger partial charge is 0.301 e. The van der Waals surface area contributed by atoms with E-state index in [1.54, 1.807) is 12.1 Å². The largest absolute Gasteiger partial charge is 0.455 e. The number of hydrogen-bond donors (Lipinski definition) is 1. The highest BCUT2D eigenvalue weighted by molar-refractivity contribution is 5.78. The molecule has 0 saturated heterocycles. The van der Waals surface area contributed by atoms with Gasteiger partial charge >= 0.3 is 5.69 Å². The Morgan fingerprint density at radius 3 is 2.42 bits per heavy atom. The Bertz CT molecular complexity index is 982. The van der Waals surface area contributed by atoms with Gasteiger partial charge in [-0.2, -0.15) is 5.10 Å². The first-order valence-corrected chi connectivity index (χ1v) is 7.42. The van der Waals surface area contributed by atoms with Crippen molar-refractivity contribution in [1.29, 1.82) is 0 Å². The Morgan fingerprint density at radius 1 is 0.962 bits per heavy atom. The van der Waals surface area contributed by atoms with E-state index in [1.165, 1.54) is 12.3 Å². The number of nitrogens with one attached hydrogen (secondary N) is 1. The molecule has 0 unspecified atom stereocenters. The monoisotopic (exact) mass is 352 g/mol. The van der Waals surface area contributed by atoms with E-state index in [1.807, 2.05) is 30.3 Å². The van der Waals surface area contributed by atoms with Crippen LogP contribution in [-0.2, 0) is 0 Å². The summed E-state index contributed by atoms with van der Waals surface area (Å²) in [7, 11) is 0. The maximum absolute atomic E-state index is 11.1. The van der Waals surface area contributed by atoms with Gasteiger partial charge in [-0.15, -0.1) is 0 Å². The molecule has 1 aromatic heterocycles. The van der Waals surface area contributed by atoms with Crippen LogP contribution in [0.2, 0.25) is 0 Å². The lowest BCUT2D eigenvalue weighted by Crippen LogP contribution is -1.98. The average molecular weight is 352 g/mol. The van der Waals surface area contributed by atoms with Crippen molar-refractivity contribution in [3.05, 3.63) is 86.7 Å². The van der Waals surface area contributed by atoms with Crippen molar-refractivity contribution >= 4 is 23.3 Å². The molecule has 9 nitrogen and oxygen atoms in total. The van der Waals surface area contributed by atoms with E-state index >= 15 is 0 Å². The zero-order chi connectivity index (χ0) is 18.5. The molecule has 0 radical (unpaired) electrons. The van der Waals surface area contributed by atoms with Crippen molar-refractivity contribution in [2.75, 3.05) is 5.43 Å². The summed E-state index contributed by atoms with van der Waals surface area (Å²) in [6, 6.07) is 16.2. The molecule has 2 aromatic carbocycles. The van der Waals surface area contributed by atoms with Crippen LogP contribution in [0.5, 0.6) is 0 Å². The quantitative estimate of drug-likeness (QED) is 0.402. The van der Waals surface area contributed by atoms with Gasteiger partial charge in [-0.25, -0.2) is 0 Å². The van der Waals surface area contributed by atoms with E-state index in [9.17, 15) is 20.2 Å². The van der Waals surface area contributed by atoms with Crippen LogP contribution in [0.3, 0.4) is 0 Å². The highest BCUT2D eigenvalue weighted by Gasteiger charge is 2.19. The number of furan rings is 1. The van der Waals surface area contributed by atoms with Gasteiger partial charge in [0.05, 0.1) is 22.1 Å². The second-order valence-corrected chi connectivity index (χ2v) is 5.15. The summed E-state index contributed by atoms with van der Waals surface area (Å²) >= 11 is 0. The van der Waals surface area contributed by atoms with Crippen molar-refractivity contribution in [3.8, 4) is 11.3 Å². The SMILES string of the molecule is O=[N+]([O-])c1ccc(N/N=C\c2ccc(-c3ccccc3)o2)c([N+](=O)[O-])c1. The summed E-state index contributed by atoms with van der Waals surface area (Å²) in [5.41, 5.74) is 2.63. The summed E-state index contributed by atoms with van der Waals surface area (Å²) in [5, 5.41) is 25.7. The summed E-state index contributed by atoms with van der Waals surface area (Å²) in [5.74, 6) is 1.11. The normalized spacial score (nSPS) is 10.8. The number of non-ortho nitro benzene ring substituents is 1. The predicted molar refractivity (Wildman–Crippen MR) is 95.1 cm³/mol. The topological polar surface area (TPSA) is 124 Å². The van der Waals surface area contributed by atoms with E-state index < -0.39 is 15.5 Å². The molecule has 26 heavy (non-hydrogen) atoms. The van der Waals surface area contributed by atoms with Gasteiger partial charge in [-0.3, -0.25) is 25.7 Å². The third kappa shape index (κ3) is 3.73. The number of benzene rings is 2. The summed E-state index contributed by atoms with van der Waals surface area (Å²) in [4.78, 5) is 20.4. The molecule has 1 heterocycles. The molecule has 0 atom stereocenters. The van der Waals surface area contributed by atoms with Crippen LogP contribution >= 0.6 is 0 Å². The molecule has 0 saturated carbocycles. The number of nitro benzene ring substituents is 2. The Balaban J connectivity index is 1.76. The van der Waals surface area contributed by atoms with E-state index in [4.69, 9.17) is 4.42 Å². The van der Waals surface area contributed by atoms with E-state index in [2.05, 4.69) is 10.5 Å². The molecule has 3 aromatic rings. The summed E-state index contributed by atoms with van der Waals surface area (Å²) in [6.07, 6.45) is 1.36. The first-order chi connectivity index (χ1) is 12.5. The van der Waals surface area contributed by atoms with Crippen LogP contribution in [-0.4, -0.2) is 16.1 Å². The molecule has 9 heteroatoms. The molecule has 130 valence electrons. The fraction of sp³-hybridized carbons (Fsp3) is 0. The number of nitro groups is 2. The standard InChI is InChI=1S/C17H12N4O5/c22-20(23)13-6-8-15(16(10-13)21(24)25)19-18-11-14-7-9-17(26-14)12-4-2-1-3-5-12/h1-11,19H/b18-11-. The van der Waals surface area contributed by atoms with Gasteiger partial charge in [-0.05, 0) is 18.2 Å². The average Bonchev–Trinajstić information content (AvgIpc) is 3.11. The van der Waals surface area contributed by atoms with Crippen molar-refractivity contribution in [1.82, 2.24) is 0 Å². The molecule has 0 aliphatic heterocycles. The van der Waals surface area contributed by atoms with Crippen LogP contribution in [0.25, 0.3) is 11.3 Å². The number of rotatable bonds is 6. The lowest BCUT2D eigenvalue weighted by molar-refractivity contribution is -0.393. The maximum atomic E-state index is 11.1. The van der Waals surface area contributed by atoms with Gasteiger partial charge in [-0.1, -0.05) is 30.3 Å². The van der Waals surface area contributed by atoms with Gasteiger partial charge in [0.1, 0.15) is 17.2 Å². The zero-order valence-electron chi connectivity index (χ0n) is 13.2. The Kier molecular flexibility index (Phi) is 4.70. The highest BCUT2D eigenvalue weighted by Crippen LogP contribution is 2.29. The summed E-state index contributed by atoms with van der Waals surface area (Å²) in [6.45, 7) is 0. The molecular weight excluding hydrogens is 340 g/mol. The fourth-order valence-electron chi connectivity index (χ4n) is 2.22. The zero-order valence-corrected chi connectivity index (χ0v) is 13.2. The molecule has 0 fully saturated rings. The van der Waals surface area contributed by atoms with Gasteiger partial charge in [0.25, 0.3) is 5.69 Å². The van der Waals surface area contributed by atoms with Gasteiger partial charge < -0.3 is 4.42 Å². The van der Waals surface area contributed by atoms with Crippen LogP contribution in [0.1, 0.15) is 5.76 Å². The Labute approximate surface area is 146 Å². The van der Waals surface area contributed by atoms with Gasteiger partial charge in [0.2, 0.25) is 0 Å². The number of anilines is 1. The van der Waals surface area contributed by atoms with Gasteiger partial charge in [0, 0.05) is 11.6 Å². The van der Waals surface area contributed by atoms with Crippen molar-refractivity contribution < 1.29 is 14.3 Å². The minimum absolute atomic E-state index is 0.0340. The minimum Gasteiger partial charge on any atom is -0.455 e. The molecule has 0 amide bonds. The second kappa shape index (κ2) is 7.26. The van der Waals surface area contributed by atoms with Crippen molar-refractivity contribution in [2.24, 2.45) is 5.10 Å². The Hall–Kier alpha value is -4.01. The molecule has 0 spiro atoms. The molecule has 0 aliphatic rings. The molecular formula is C17H12N4O5. The lowest BCUT2D eigenvalue weighted by Gasteiger charge is -2.01. The third-order valence-electron chi connectivity index (χ3n) is 3.45. The fourth-order valence-corrected chi connectivity index (χ4v) is 2.22. The lowest BCUT2D eigenvalue weighted by atomic mass is 10.2. The molecule has 0 bridgehead atoms. The van der Waals surface area contributed by atoms with Crippen LogP contribution in [0.4, 0.5) is 17.1 Å². The van der Waals surface area contributed by atoms with E-state index in [0.717, 1.165) is 17.7 Å². The van der Waals surface area contributed by atoms with Crippen LogP contribution in [0.15, 0.2) is 70.2 Å². The van der Waals surface area contributed by atoms with E-state index in [-0.39, 0.29) is 11.4 Å². The number of nitrogens with zero attached hydrogens (tertiary/aromatic N) is 3. The minimum atomic E-state index is -0.717. The van der Waals surface area contributed by atoms with E-state index in [0.29, 0.717) is 11.5 Å². The van der Waals surface area contributed by atoms with Crippen molar-refractivity contribution in [3.63, 3.8) is 0 Å². The maximum Gasteiger partial charge on any atom is 0.301 e. The second-order valence-electron chi connectivity index (χ2n) is 5.15. The Morgan fingerprint density at radius 2 is 1.73 bits per heavy atom. The first kappa shape index (κ1) is 16.8.